The summed E-state index contributed by atoms with van der Waals surface area (Å²) in [5.74, 6) is -1.97. The zero-order chi connectivity index (χ0) is 15.0. The second kappa shape index (κ2) is 5.26. The van der Waals surface area contributed by atoms with Crippen molar-refractivity contribution in [2.24, 2.45) is 7.05 Å². The maximum atomic E-state index is 13.7. The van der Waals surface area contributed by atoms with E-state index in [1.165, 1.54) is 12.1 Å². The van der Waals surface area contributed by atoms with E-state index >= 15 is 0 Å². The summed E-state index contributed by atoms with van der Waals surface area (Å²) < 4.78 is 28.7. The fraction of sp³-hybridized carbons (Fsp3) is 0.188. The van der Waals surface area contributed by atoms with Gasteiger partial charge in [-0.2, -0.15) is 5.10 Å². The van der Waals surface area contributed by atoms with Gasteiger partial charge in [-0.3, -0.25) is 4.68 Å². The van der Waals surface area contributed by atoms with Gasteiger partial charge in [0.2, 0.25) is 0 Å². The minimum Gasteiger partial charge on any atom is -0.388 e. The van der Waals surface area contributed by atoms with Crippen molar-refractivity contribution >= 4 is 10.9 Å². The number of aliphatic hydroxyl groups is 1. The SMILES string of the molecule is Cn1nc(CC(O)c2cccc(F)c2F)c2ccccc21. The second-order valence-electron chi connectivity index (χ2n) is 4.95. The number of para-hydroxylation sites is 1. The number of halogens is 2. The Morgan fingerprint density at radius 2 is 1.90 bits per heavy atom. The molecule has 0 bridgehead atoms. The van der Waals surface area contributed by atoms with E-state index in [1.54, 1.807) is 11.7 Å². The third kappa shape index (κ3) is 2.40. The number of nitrogens with zero attached hydrogens (tertiary/aromatic N) is 2. The van der Waals surface area contributed by atoms with E-state index in [2.05, 4.69) is 5.10 Å². The first kappa shape index (κ1) is 13.7. The lowest BCUT2D eigenvalue weighted by molar-refractivity contribution is 0.171. The number of rotatable bonds is 3. The lowest BCUT2D eigenvalue weighted by Gasteiger charge is -2.11. The summed E-state index contributed by atoms with van der Waals surface area (Å²) in [7, 11) is 1.81. The molecule has 3 aromatic rings. The second-order valence-corrected chi connectivity index (χ2v) is 4.95. The van der Waals surface area contributed by atoms with Crippen molar-refractivity contribution in [3.63, 3.8) is 0 Å². The third-order valence-corrected chi connectivity index (χ3v) is 3.56. The van der Waals surface area contributed by atoms with Crippen LogP contribution in [0.15, 0.2) is 42.5 Å². The molecule has 0 spiro atoms. The van der Waals surface area contributed by atoms with Gasteiger partial charge in [-0.25, -0.2) is 8.78 Å². The minimum absolute atomic E-state index is 0.0512. The van der Waals surface area contributed by atoms with Crippen LogP contribution >= 0.6 is 0 Å². The molecule has 0 fully saturated rings. The Bertz CT molecular complexity index is 798. The third-order valence-electron chi connectivity index (χ3n) is 3.56. The molecule has 0 radical (unpaired) electrons. The molecule has 2 aromatic carbocycles. The van der Waals surface area contributed by atoms with Crippen LogP contribution in [-0.2, 0) is 13.5 Å². The van der Waals surface area contributed by atoms with Crippen LogP contribution in [0.3, 0.4) is 0 Å². The summed E-state index contributed by atoms with van der Waals surface area (Å²) in [6.45, 7) is 0. The molecule has 1 heterocycles. The van der Waals surface area contributed by atoms with Gasteiger partial charge < -0.3 is 5.11 Å². The number of fused-ring (bicyclic) bond motifs is 1. The maximum absolute atomic E-state index is 13.7. The van der Waals surface area contributed by atoms with Gasteiger partial charge in [-0.15, -0.1) is 0 Å². The van der Waals surface area contributed by atoms with E-state index < -0.39 is 17.7 Å². The van der Waals surface area contributed by atoms with Gasteiger partial charge in [0.25, 0.3) is 0 Å². The van der Waals surface area contributed by atoms with E-state index in [4.69, 9.17) is 0 Å². The molecule has 21 heavy (non-hydrogen) atoms. The standard InChI is InChI=1S/C16H14F2N2O/c1-20-14-8-3-2-5-10(14)13(19-20)9-15(21)11-6-4-7-12(17)16(11)18/h2-8,15,21H,9H2,1H3. The molecule has 0 amide bonds. The largest absolute Gasteiger partial charge is 0.388 e. The quantitative estimate of drug-likeness (QED) is 0.804. The van der Waals surface area contributed by atoms with Crippen molar-refractivity contribution in [2.45, 2.75) is 12.5 Å². The highest BCUT2D eigenvalue weighted by Crippen LogP contribution is 2.26. The molecule has 0 aliphatic rings. The van der Waals surface area contributed by atoms with Crippen molar-refractivity contribution in [3.05, 3.63) is 65.4 Å². The fourth-order valence-electron chi connectivity index (χ4n) is 2.51. The van der Waals surface area contributed by atoms with Crippen LogP contribution in [0, 0.1) is 11.6 Å². The van der Waals surface area contributed by atoms with E-state index in [0.29, 0.717) is 5.69 Å². The average molecular weight is 288 g/mol. The highest BCUT2D eigenvalue weighted by molar-refractivity contribution is 5.81. The molecule has 5 heteroatoms. The normalized spacial score (nSPS) is 12.8. The molecule has 3 rings (SSSR count). The Kier molecular flexibility index (Phi) is 3.43. The van der Waals surface area contributed by atoms with Gasteiger partial charge >= 0.3 is 0 Å². The zero-order valence-corrected chi connectivity index (χ0v) is 11.4. The van der Waals surface area contributed by atoms with E-state index in [9.17, 15) is 13.9 Å². The van der Waals surface area contributed by atoms with E-state index in [1.807, 2.05) is 24.3 Å². The van der Waals surface area contributed by atoms with Gasteiger partial charge in [-0.05, 0) is 12.1 Å². The van der Waals surface area contributed by atoms with Gasteiger partial charge in [0.15, 0.2) is 11.6 Å². The first-order valence-electron chi connectivity index (χ1n) is 6.60. The summed E-state index contributed by atoms with van der Waals surface area (Å²) >= 11 is 0. The predicted molar refractivity (Wildman–Crippen MR) is 75.7 cm³/mol. The van der Waals surface area contributed by atoms with Crippen LogP contribution in [0.2, 0.25) is 0 Å². The van der Waals surface area contributed by atoms with Crippen LogP contribution in [0.4, 0.5) is 8.78 Å². The molecule has 0 saturated heterocycles. The molecular weight excluding hydrogens is 274 g/mol. The van der Waals surface area contributed by atoms with Gasteiger partial charge in [0.1, 0.15) is 0 Å². The number of hydrogen-bond donors (Lipinski definition) is 1. The first-order valence-corrected chi connectivity index (χ1v) is 6.60. The number of aliphatic hydroxyl groups excluding tert-OH is 1. The van der Waals surface area contributed by atoms with Crippen molar-refractivity contribution in [2.75, 3.05) is 0 Å². The maximum Gasteiger partial charge on any atom is 0.164 e. The summed E-state index contributed by atoms with van der Waals surface area (Å²) in [4.78, 5) is 0. The molecule has 1 N–H and O–H groups in total. The molecule has 1 aromatic heterocycles. The molecule has 3 nitrogen and oxygen atoms in total. The van der Waals surface area contributed by atoms with Gasteiger partial charge in [-0.1, -0.05) is 30.3 Å². The summed E-state index contributed by atoms with van der Waals surface area (Å²) in [5, 5.41) is 15.4. The lowest BCUT2D eigenvalue weighted by atomic mass is 10.0. The van der Waals surface area contributed by atoms with Crippen LogP contribution in [0.5, 0.6) is 0 Å². The Morgan fingerprint density at radius 1 is 1.14 bits per heavy atom. The first-order chi connectivity index (χ1) is 10.1. The summed E-state index contributed by atoms with van der Waals surface area (Å²) in [5.41, 5.74) is 1.54. The Labute approximate surface area is 120 Å². The van der Waals surface area contributed by atoms with Crippen molar-refractivity contribution in [3.8, 4) is 0 Å². The Balaban J connectivity index is 1.97. The molecule has 108 valence electrons. The highest BCUT2D eigenvalue weighted by atomic mass is 19.2. The van der Waals surface area contributed by atoms with Crippen LogP contribution < -0.4 is 0 Å². The fourth-order valence-corrected chi connectivity index (χ4v) is 2.51. The molecule has 0 aliphatic heterocycles. The molecule has 1 unspecified atom stereocenters. The summed E-state index contributed by atoms with van der Waals surface area (Å²) in [6, 6.07) is 11.4. The molecule has 0 saturated carbocycles. The van der Waals surface area contributed by atoms with E-state index in [-0.39, 0.29) is 12.0 Å². The van der Waals surface area contributed by atoms with Gasteiger partial charge in [0, 0.05) is 24.4 Å². The smallest absolute Gasteiger partial charge is 0.164 e. The Morgan fingerprint density at radius 3 is 2.71 bits per heavy atom. The molecule has 0 aliphatic carbocycles. The monoisotopic (exact) mass is 288 g/mol. The van der Waals surface area contributed by atoms with Crippen LogP contribution in [0.1, 0.15) is 17.4 Å². The van der Waals surface area contributed by atoms with Crippen molar-refractivity contribution < 1.29 is 13.9 Å². The van der Waals surface area contributed by atoms with E-state index in [0.717, 1.165) is 17.0 Å². The van der Waals surface area contributed by atoms with Crippen molar-refractivity contribution in [1.29, 1.82) is 0 Å². The highest BCUT2D eigenvalue weighted by Gasteiger charge is 2.19. The van der Waals surface area contributed by atoms with Crippen molar-refractivity contribution in [1.82, 2.24) is 9.78 Å². The van der Waals surface area contributed by atoms with Gasteiger partial charge in [0.05, 0.1) is 17.3 Å². The lowest BCUT2D eigenvalue weighted by Crippen LogP contribution is -2.06. The molecular formula is C16H14F2N2O. The number of benzene rings is 2. The topological polar surface area (TPSA) is 38.0 Å². The molecule has 1 atom stereocenters. The Hall–Kier alpha value is -2.27. The average Bonchev–Trinajstić information content (AvgIpc) is 2.79. The predicted octanol–water partition coefficient (Wildman–Crippen LogP) is 3.13. The minimum atomic E-state index is -1.14. The zero-order valence-electron chi connectivity index (χ0n) is 11.4. The number of aryl methyl sites for hydroxylation is 1. The van der Waals surface area contributed by atoms with Crippen LogP contribution in [0.25, 0.3) is 10.9 Å². The summed E-state index contributed by atoms with van der Waals surface area (Å²) in [6.07, 6.45) is -1.01. The van der Waals surface area contributed by atoms with Crippen LogP contribution in [-0.4, -0.2) is 14.9 Å². The number of hydrogen-bond acceptors (Lipinski definition) is 2. The number of aromatic nitrogens is 2.